The van der Waals surface area contributed by atoms with Gasteiger partial charge in [0.1, 0.15) is 0 Å². The van der Waals surface area contributed by atoms with Gasteiger partial charge in [-0.15, -0.1) is 0 Å². The molecule has 0 spiro atoms. The summed E-state index contributed by atoms with van der Waals surface area (Å²) in [6.45, 7) is 11.8. The normalized spacial score (nSPS) is 59.2. The van der Waals surface area contributed by atoms with Crippen molar-refractivity contribution in [2.75, 3.05) is 6.54 Å². The second-order valence-corrected chi connectivity index (χ2v) is 12.8. The molecule has 3 unspecified atom stereocenters. The topological polar surface area (TPSA) is 23.5 Å². The highest BCUT2D eigenvalue weighted by Gasteiger charge is 2.66. The van der Waals surface area contributed by atoms with E-state index in [9.17, 15) is 5.11 Å². The van der Waals surface area contributed by atoms with E-state index in [2.05, 4.69) is 38.7 Å². The van der Waals surface area contributed by atoms with Gasteiger partial charge >= 0.3 is 0 Å². The molecule has 0 radical (unpaired) electrons. The summed E-state index contributed by atoms with van der Waals surface area (Å²) in [6, 6.07) is 1.75. The third kappa shape index (κ3) is 2.48. The van der Waals surface area contributed by atoms with Gasteiger partial charge in [-0.25, -0.2) is 0 Å². The molecular weight excluding hydrogens is 354 g/mol. The second-order valence-electron chi connectivity index (χ2n) is 12.8. The van der Waals surface area contributed by atoms with E-state index in [0.717, 1.165) is 60.4 Å². The molecule has 2 heteroatoms. The molecule has 0 amide bonds. The molecule has 2 saturated heterocycles. The molecule has 1 N–H and O–H groups in total. The third-order valence-electron chi connectivity index (χ3n) is 11.7. The molecule has 162 valence electrons. The van der Waals surface area contributed by atoms with Gasteiger partial charge in [0.25, 0.3) is 0 Å². The van der Waals surface area contributed by atoms with E-state index in [0.29, 0.717) is 10.8 Å². The Balaban J connectivity index is 1.33. The van der Waals surface area contributed by atoms with Crippen molar-refractivity contribution in [1.29, 1.82) is 0 Å². The molecule has 29 heavy (non-hydrogen) atoms. The predicted molar refractivity (Wildman–Crippen MR) is 118 cm³/mol. The Morgan fingerprint density at radius 2 is 1.83 bits per heavy atom. The summed E-state index contributed by atoms with van der Waals surface area (Å²) in [5.74, 6) is 5.44. The Hall–Kier alpha value is -0.340. The zero-order chi connectivity index (χ0) is 20.1. The lowest BCUT2D eigenvalue weighted by Crippen LogP contribution is -2.51. The summed E-state index contributed by atoms with van der Waals surface area (Å²) in [7, 11) is 0. The summed E-state index contributed by atoms with van der Waals surface area (Å²) in [5, 5.41) is 10.3. The zero-order valence-electron chi connectivity index (χ0n) is 19.2. The first-order valence-corrected chi connectivity index (χ1v) is 13.0. The lowest BCUT2D eigenvalue weighted by Gasteiger charge is -2.58. The Labute approximate surface area is 178 Å². The van der Waals surface area contributed by atoms with Gasteiger partial charge in [0.15, 0.2) is 0 Å². The van der Waals surface area contributed by atoms with Crippen LogP contribution < -0.4 is 0 Å². The van der Waals surface area contributed by atoms with Gasteiger partial charge in [-0.1, -0.05) is 39.3 Å². The lowest BCUT2D eigenvalue weighted by atomic mass is 9.47. The van der Waals surface area contributed by atoms with E-state index in [-0.39, 0.29) is 6.10 Å². The molecule has 0 aromatic heterocycles. The van der Waals surface area contributed by atoms with Gasteiger partial charge in [0, 0.05) is 18.6 Å². The van der Waals surface area contributed by atoms with Gasteiger partial charge in [-0.2, -0.15) is 0 Å². The van der Waals surface area contributed by atoms with Crippen molar-refractivity contribution in [3.63, 3.8) is 0 Å². The first-order chi connectivity index (χ1) is 13.8. The number of aliphatic hydroxyl groups is 1. The van der Waals surface area contributed by atoms with E-state index >= 15 is 0 Å². The van der Waals surface area contributed by atoms with Crippen LogP contribution in [0.1, 0.15) is 85.5 Å². The van der Waals surface area contributed by atoms with Crippen LogP contribution in [0, 0.1) is 46.3 Å². The van der Waals surface area contributed by atoms with Gasteiger partial charge in [-0.3, -0.25) is 4.90 Å². The van der Waals surface area contributed by atoms with Crippen molar-refractivity contribution in [2.24, 2.45) is 46.3 Å². The van der Waals surface area contributed by atoms with Crippen molar-refractivity contribution in [3.05, 3.63) is 11.6 Å². The predicted octanol–water partition coefficient (Wildman–Crippen LogP) is 5.66. The summed E-state index contributed by atoms with van der Waals surface area (Å²) in [6.07, 6.45) is 14.3. The number of piperidine rings is 1. The summed E-state index contributed by atoms with van der Waals surface area (Å²) < 4.78 is 0. The van der Waals surface area contributed by atoms with Crippen LogP contribution in [-0.2, 0) is 0 Å². The maximum atomic E-state index is 10.3. The maximum absolute atomic E-state index is 10.3. The fraction of sp³-hybridized carbons (Fsp3) is 0.926. The standard InChI is InChI=1S/C27H43NO/c1-16-5-8-23-17(2)25-24(28(23)15-16)14-22-20-7-6-18-13-19(29)9-11-26(18,3)21(20)10-12-27(22,25)4/h6,16-17,19-25,29H,5,7-15H2,1-4H3/t16-,17?,19-,20+,21-,22-,23+,24-,25?,26-,27?/m0/s1. The van der Waals surface area contributed by atoms with E-state index < -0.39 is 0 Å². The Bertz CT molecular complexity index is 715. The minimum atomic E-state index is -0.0792. The molecule has 0 bridgehead atoms. The van der Waals surface area contributed by atoms with Gasteiger partial charge in [0.2, 0.25) is 0 Å². The van der Waals surface area contributed by atoms with Crippen molar-refractivity contribution in [1.82, 2.24) is 4.90 Å². The van der Waals surface area contributed by atoms with E-state index in [1.807, 2.05) is 0 Å². The van der Waals surface area contributed by atoms with E-state index in [1.54, 1.807) is 5.57 Å². The number of hydrogen-bond donors (Lipinski definition) is 1. The van der Waals surface area contributed by atoms with Crippen LogP contribution >= 0.6 is 0 Å². The van der Waals surface area contributed by atoms with Crippen LogP contribution in [0.2, 0.25) is 0 Å². The van der Waals surface area contributed by atoms with Gasteiger partial charge in [0.05, 0.1) is 6.10 Å². The molecule has 0 aromatic carbocycles. The lowest BCUT2D eigenvalue weighted by molar-refractivity contribution is -0.0574. The maximum Gasteiger partial charge on any atom is 0.0577 e. The second kappa shape index (κ2) is 6.35. The van der Waals surface area contributed by atoms with Crippen molar-refractivity contribution < 1.29 is 5.11 Å². The molecule has 5 fully saturated rings. The van der Waals surface area contributed by atoms with Crippen LogP contribution in [0.15, 0.2) is 11.6 Å². The molecule has 2 heterocycles. The van der Waals surface area contributed by atoms with Crippen molar-refractivity contribution >= 4 is 0 Å². The highest BCUT2D eigenvalue weighted by molar-refractivity contribution is 5.26. The third-order valence-corrected chi connectivity index (χ3v) is 11.7. The Morgan fingerprint density at radius 1 is 1.00 bits per heavy atom. The molecule has 6 rings (SSSR count). The SMILES string of the molecule is CC1C2[C@H](C[C@H]3[C@@H]4CC=C5C[C@@H](O)CC[C@]5(C)[C@H]4CCC23C)N2C[C@@H](C)CC[C@H]12. The first kappa shape index (κ1) is 19.4. The number of fused-ring (bicyclic) bond motifs is 9. The van der Waals surface area contributed by atoms with Gasteiger partial charge < -0.3 is 5.11 Å². The summed E-state index contributed by atoms with van der Waals surface area (Å²) >= 11 is 0. The van der Waals surface area contributed by atoms with E-state index in [4.69, 9.17) is 0 Å². The smallest absolute Gasteiger partial charge is 0.0577 e. The summed E-state index contributed by atoms with van der Waals surface area (Å²) in [5.41, 5.74) is 2.58. The highest BCUT2D eigenvalue weighted by atomic mass is 16.3. The quantitative estimate of drug-likeness (QED) is 0.534. The summed E-state index contributed by atoms with van der Waals surface area (Å²) in [4.78, 5) is 3.02. The van der Waals surface area contributed by atoms with Crippen LogP contribution in [0.4, 0.5) is 0 Å². The largest absolute Gasteiger partial charge is 0.393 e. The van der Waals surface area contributed by atoms with Crippen LogP contribution in [0.3, 0.4) is 0 Å². The monoisotopic (exact) mass is 397 g/mol. The minimum Gasteiger partial charge on any atom is -0.393 e. The molecular formula is C27H43NO. The fourth-order valence-electron chi connectivity index (χ4n) is 10.4. The molecule has 2 aliphatic heterocycles. The zero-order valence-corrected chi connectivity index (χ0v) is 19.2. The number of aliphatic hydroxyl groups excluding tert-OH is 1. The number of hydrogen-bond acceptors (Lipinski definition) is 2. The first-order valence-electron chi connectivity index (χ1n) is 13.0. The fourth-order valence-corrected chi connectivity index (χ4v) is 10.4. The number of nitrogens with zero attached hydrogens (tertiary/aromatic N) is 1. The molecule has 6 aliphatic rings. The van der Waals surface area contributed by atoms with Crippen molar-refractivity contribution in [3.8, 4) is 0 Å². The minimum absolute atomic E-state index is 0.0792. The molecule has 4 aliphatic carbocycles. The van der Waals surface area contributed by atoms with Crippen LogP contribution in [0.25, 0.3) is 0 Å². The molecule has 3 saturated carbocycles. The van der Waals surface area contributed by atoms with Gasteiger partial charge in [-0.05, 0) is 104 Å². The average Bonchev–Trinajstić information content (AvgIpc) is 3.15. The number of allylic oxidation sites excluding steroid dienone is 1. The van der Waals surface area contributed by atoms with Crippen LogP contribution in [-0.4, -0.2) is 34.7 Å². The average molecular weight is 398 g/mol. The number of rotatable bonds is 0. The molecule has 0 aromatic rings. The molecule has 11 atom stereocenters. The Morgan fingerprint density at radius 3 is 2.66 bits per heavy atom. The van der Waals surface area contributed by atoms with Crippen molar-refractivity contribution in [2.45, 2.75) is 104 Å². The van der Waals surface area contributed by atoms with Crippen LogP contribution in [0.5, 0.6) is 0 Å². The highest BCUT2D eigenvalue weighted by Crippen LogP contribution is 2.69. The Kier molecular flexibility index (Phi) is 4.23. The molecule has 2 nitrogen and oxygen atoms in total. The van der Waals surface area contributed by atoms with E-state index in [1.165, 1.54) is 51.5 Å².